The van der Waals surface area contributed by atoms with Crippen LogP contribution in [-0.2, 0) is 4.79 Å². The van der Waals surface area contributed by atoms with Crippen LogP contribution in [0, 0.1) is 16.7 Å². The molecule has 8 heteroatoms. The predicted molar refractivity (Wildman–Crippen MR) is 114 cm³/mol. The summed E-state index contributed by atoms with van der Waals surface area (Å²) in [7, 11) is 4.00. The third-order valence-corrected chi connectivity index (χ3v) is 4.81. The lowest BCUT2D eigenvalue weighted by atomic mass is 9.86. The van der Waals surface area contributed by atoms with Gasteiger partial charge in [-0.05, 0) is 30.5 Å². The highest BCUT2D eigenvalue weighted by Crippen LogP contribution is 2.21. The van der Waals surface area contributed by atoms with E-state index in [0.717, 1.165) is 16.6 Å². The Balaban J connectivity index is 0.000000441. The normalized spacial score (nSPS) is 11.3. The Hall–Kier alpha value is -1.58. The van der Waals surface area contributed by atoms with Gasteiger partial charge in [0.1, 0.15) is 6.07 Å². The molecule has 0 radical (unpaired) electrons. The van der Waals surface area contributed by atoms with Crippen LogP contribution in [-0.4, -0.2) is 30.5 Å². The number of aromatic nitrogens is 1. The first-order valence-corrected chi connectivity index (χ1v) is 9.89. The molecular weight excluding hydrogens is 365 g/mol. The quantitative estimate of drug-likeness (QED) is 0.675. The van der Waals surface area contributed by atoms with Crippen LogP contribution in [0.5, 0.6) is 0 Å². The number of rotatable bonds is 5. The highest BCUT2D eigenvalue weighted by atomic mass is 32.1. The fraction of sp³-hybridized carbons (Fsp3) is 0.500. The van der Waals surface area contributed by atoms with Crippen molar-refractivity contribution < 1.29 is 4.79 Å². The molecule has 0 aliphatic rings. The first-order chi connectivity index (χ1) is 12.4. The molecule has 26 heavy (non-hydrogen) atoms. The number of carbonyl (C=O) groups excluding carboxylic acids is 1. The molecule has 144 valence electrons. The number of amides is 1. The van der Waals surface area contributed by atoms with Crippen LogP contribution < -0.4 is 16.1 Å². The maximum Gasteiger partial charge on any atom is 0.237 e. The standard InChI is InChI=1S/C8H20N3OP.C8H4N2S.C2H6/c1-8(2,5-9)4-6(11-13)7(12)10-3;9-5-8-10-6-3-1-2-4-7(6)11-8;1-2/h6,11H,4-5,9,13H2,1-3H3,(H,10,12);1-4H;1-2H3. The van der Waals surface area contributed by atoms with Gasteiger partial charge in [-0.15, -0.1) is 11.3 Å². The summed E-state index contributed by atoms with van der Waals surface area (Å²) < 4.78 is 1.07. The van der Waals surface area contributed by atoms with Gasteiger partial charge in [0.2, 0.25) is 5.91 Å². The average molecular weight is 396 g/mol. The number of hydrogen-bond donors (Lipinski definition) is 3. The van der Waals surface area contributed by atoms with E-state index in [1.807, 2.05) is 58.0 Å². The van der Waals surface area contributed by atoms with E-state index in [2.05, 4.69) is 24.8 Å². The Labute approximate surface area is 162 Å². The molecule has 0 bridgehead atoms. The predicted octanol–water partition coefficient (Wildman–Crippen LogP) is 3.05. The minimum Gasteiger partial charge on any atom is -0.358 e. The maximum atomic E-state index is 11.3. The van der Waals surface area contributed by atoms with Gasteiger partial charge in [-0.1, -0.05) is 49.2 Å². The monoisotopic (exact) mass is 395 g/mol. The van der Waals surface area contributed by atoms with Gasteiger partial charge in [0.05, 0.1) is 16.3 Å². The Morgan fingerprint density at radius 3 is 2.50 bits per heavy atom. The minimum absolute atomic E-state index is 0.00322. The molecular formula is C18H30N5OPS. The van der Waals surface area contributed by atoms with Crippen LogP contribution in [0.3, 0.4) is 0 Å². The van der Waals surface area contributed by atoms with Gasteiger partial charge >= 0.3 is 0 Å². The number of nitrogens with two attached hydrogens (primary N) is 1. The molecule has 0 fully saturated rings. The van der Waals surface area contributed by atoms with Gasteiger partial charge in [0.15, 0.2) is 5.01 Å². The molecule has 1 heterocycles. The number of carbonyl (C=O) groups is 1. The van der Waals surface area contributed by atoms with Crippen LogP contribution in [0.1, 0.15) is 39.1 Å². The number of benzene rings is 1. The second kappa shape index (κ2) is 12.7. The number of fused-ring (bicyclic) bond motifs is 1. The molecule has 4 N–H and O–H groups in total. The Morgan fingerprint density at radius 2 is 2.04 bits per heavy atom. The van der Waals surface area contributed by atoms with Crippen molar-refractivity contribution >= 4 is 36.9 Å². The molecule has 0 saturated carbocycles. The Morgan fingerprint density at radius 1 is 1.42 bits per heavy atom. The number of nitriles is 1. The molecule has 1 amide bonds. The van der Waals surface area contributed by atoms with Crippen LogP contribution >= 0.6 is 20.7 Å². The molecule has 0 aliphatic heterocycles. The zero-order chi connectivity index (χ0) is 20.2. The molecule has 1 aromatic heterocycles. The lowest BCUT2D eigenvalue weighted by molar-refractivity contribution is -0.122. The topological polar surface area (TPSA) is 104 Å². The van der Waals surface area contributed by atoms with E-state index in [1.165, 1.54) is 11.3 Å². The van der Waals surface area contributed by atoms with Crippen LogP contribution in [0.25, 0.3) is 10.2 Å². The van der Waals surface area contributed by atoms with E-state index in [9.17, 15) is 4.79 Å². The molecule has 2 atom stereocenters. The molecule has 2 unspecified atom stereocenters. The fourth-order valence-corrected chi connectivity index (χ4v) is 2.99. The number of likely N-dealkylation sites (N-methyl/N-ethyl adjacent to an activating group) is 1. The van der Waals surface area contributed by atoms with Crippen LogP contribution in [0.2, 0.25) is 0 Å². The highest BCUT2D eigenvalue weighted by Gasteiger charge is 2.25. The molecule has 1 aromatic carbocycles. The lowest BCUT2D eigenvalue weighted by Crippen LogP contribution is -2.43. The summed E-state index contributed by atoms with van der Waals surface area (Å²) in [5, 5.41) is 14.6. The Bertz CT molecular complexity index is 678. The zero-order valence-corrected chi connectivity index (χ0v) is 18.1. The molecule has 0 saturated heterocycles. The van der Waals surface area contributed by atoms with Gasteiger partial charge in [-0.3, -0.25) is 9.88 Å². The van der Waals surface area contributed by atoms with E-state index < -0.39 is 0 Å². The van der Waals surface area contributed by atoms with E-state index >= 15 is 0 Å². The summed E-state index contributed by atoms with van der Waals surface area (Å²) in [6, 6.07) is 9.58. The second-order valence-corrected chi connectivity index (χ2v) is 7.37. The maximum absolute atomic E-state index is 11.3. The fourth-order valence-electron chi connectivity index (χ4n) is 1.96. The minimum atomic E-state index is -0.187. The summed E-state index contributed by atoms with van der Waals surface area (Å²) in [6.07, 6.45) is 0.729. The molecule has 0 aliphatic carbocycles. The zero-order valence-electron chi connectivity index (χ0n) is 16.2. The third kappa shape index (κ3) is 8.20. The van der Waals surface area contributed by atoms with E-state index in [0.29, 0.717) is 11.6 Å². The summed E-state index contributed by atoms with van der Waals surface area (Å²) in [5.41, 5.74) is 6.48. The number of nitrogens with zero attached hydrogens (tertiary/aromatic N) is 2. The highest BCUT2D eigenvalue weighted by molar-refractivity contribution is 7.19. The first-order valence-electron chi connectivity index (χ1n) is 8.50. The van der Waals surface area contributed by atoms with Gasteiger partial charge in [-0.25, -0.2) is 4.98 Å². The Kier molecular flexibility index (Phi) is 11.9. The summed E-state index contributed by atoms with van der Waals surface area (Å²) in [5.74, 6) is -0.00322. The average Bonchev–Trinajstić information content (AvgIpc) is 3.11. The summed E-state index contributed by atoms with van der Waals surface area (Å²) in [4.78, 5) is 15.4. The van der Waals surface area contributed by atoms with Gasteiger partial charge in [-0.2, -0.15) is 5.26 Å². The molecule has 2 aromatic rings. The van der Waals surface area contributed by atoms with Crippen molar-refractivity contribution in [1.82, 2.24) is 15.4 Å². The summed E-state index contributed by atoms with van der Waals surface area (Å²) in [6.45, 7) is 8.67. The van der Waals surface area contributed by atoms with Crippen molar-refractivity contribution in [3.05, 3.63) is 29.3 Å². The second-order valence-electron chi connectivity index (χ2n) is 6.00. The van der Waals surface area contributed by atoms with Crippen molar-refractivity contribution in [2.24, 2.45) is 11.1 Å². The van der Waals surface area contributed by atoms with Crippen molar-refractivity contribution in [3.8, 4) is 6.07 Å². The number of para-hydroxylation sites is 1. The first kappa shape index (κ1) is 24.4. The lowest BCUT2D eigenvalue weighted by Gasteiger charge is -2.27. The van der Waals surface area contributed by atoms with Gasteiger partial charge < -0.3 is 11.1 Å². The number of thiazole rings is 1. The van der Waals surface area contributed by atoms with E-state index in [4.69, 9.17) is 11.0 Å². The van der Waals surface area contributed by atoms with E-state index in [-0.39, 0.29) is 17.4 Å². The van der Waals surface area contributed by atoms with Crippen molar-refractivity contribution in [1.29, 1.82) is 5.26 Å². The largest absolute Gasteiger partial charge is 0.358 e. The van der Waals surface area contributed by atoms with Crippen LogP contribution in [0.4, 0.5) is 0 Å². The third-order valence-electron chi connectivity index (χ3n) is 3.46. The van der Waals surface area contributed by atoms with Crippen molar-refractivity contribution in [3.63, 3.8) is 0 Å². The smallest absolute Gasteiger partial charge is 0.237 e. The van der Waals surface area contributed by atoms with Crippen molar-refractivity contribution in [2.45, 2.75) is 40.2 Å². The van der Waals surface area contributed by atoms with Gasteiger partial charge in [0, 0.05) is 7.05 Å². The van der Waals surface area contributed by atoms with Crippen molar-refractivity contribution in [2.75, 3.05) is 13.6 Å². The summed E-state index contributed by atoms with van der Waals surface area (Å²) >= 11 is 1.43. The van der Waals surface area contributed by atoms with E-state index in [1.54, 1.807) is 7.05 Å². The molecule has 2 rings (SSSR count). The van der Waals surface area contributed by atoms with Crippen LogP contribution in [0.15, 0.2) is 24.3 Å². The SMILES string of the molecule is CC.CNC(=O)C(CC(C)(C)CN)NP.N#Cc1nc2ccccc2s1. The molecule has 6 nitrogen and oxygen atoms in total. The molecule has 0 spiro atoms. The number of hydrogen-bond acceptors (Lipinski definition) is 6. The van der Waals surface area contributed by atoms with Gasteiger partial charge in [0.25, 0.3) is 0 Å². The number of nitrogens with one attached hydrogen (secondary N) is 2.